The zero-order valence-corrected chi connectivity index (χ0v) is 12.9. The van der Waals surface area contributed by atoms with E-state index in [1.807, 2.05) is 18.2 Å². The molecule has 0 aliphatic heterocycles. The summed E-state index contributed by atoms with van der Waals surface area (Å²) in [5.41, 5.74) is 2.17. The second-order valence-corrected chi connectivity index (χ2v) is 6.69. The highest BCUT2D eigenvalue weighted by molar-refractivity contribution is 5.51. The molecular weight excluding hydrogens is 246 g/mol. The Hall–Kier alpha value is -1.46. The molecule has 1 aliphatic rings. The quantitative estimate of drug-likeness (QED) is 0.820. The molecule has 20 heavy (non-hydrogen) atoms. The van der Waals surface area contributed by atoms with Crippen LogP contribution in [0.25, 0.3) is 0 Å². The average molecular weight is 271 g/mol. The second-order valence-electron chi connectivity index (χ2n) is 6.69. The van der Waals surface area contributed by atoms with Crippen LogP contribution in [0.1, 0.15) is 39.7 Å². The van der Waals surface area contributed by atoms with Crippen molar-refractivity contribution in [2.24, 2.45) is 11.3 Å². The van der Waals surface area contributed by atoms with E-state index in [1.54, 1.807) is 0 Å². The van der Waals surface area contributed by atoms with E-state index in [1.165, 1.54) is 0 Å². The van der Waals surface area contributed by atoms with Gasteiger partial charge in [0, 0.05) is 29.3 Å². The van der Waals surface area contributed by atoms with Gasteiger partial charge in [-0.05, 0) is 30.5 Å². The summed E-state index contributed by atoms with van der Waals surface area (Å²) >= 11 is 0. The highest BCUT2D eigenvalue weighted by atomic mass is 16.5. The van der Waals surface area contributed by atoms with E-state index in [0.717, 1.165) is 24.3 Å². The minimum absolute atomic E-state index is 0.154. The number of hydrogen-bond acceptors (Lipinski definition) is 2. The Morgan fingerprint density at radius 1 is 1.45 bits per heavy atom. The molecule has 0 saturated heterocycles. The maximum atomic E-state index is 6.00. The van der Waals surface area contributed by atoms with Crippen LogP contribution in [-0.4, -0.2) is 18.8 Å². The highest BCUT2D eigenvalue weighted by Crippen LogP contribution is 2.44. The van der Waals surface area contributed by atoms with Gasteiger partial charge in [-0.1, -0.05) is 39.7 Å². The van der Waals surface area contributed by atoms with Gasteiger partial charge < -0.3 is 10.1 Å². The molecule has 2 rings (SSSR count). The van der Waals surface area contributed by atoms with Crippen LogP contribution in [0.5, 0.6) is 0 Å². The molecule has 2 heteroatoms. The number of nitrogens with one attached hydrogen (secondary N) is 1. The van der Waals surface area contributed by atoms with Crippen LogP contribution >= 0.6 is 0 Å². The Morgan fingerprint density at radius 2 is 2.20 bits per heavy atom. The Balaban J connectivity index is 1.94. The fraction of sp³-hybridized carbons (Fsp3) is 0.556. The van der Waals surface area contributed by atoms with Crippen molar-refractivity contribution in [3.8, 4) is 12.3 Å². The third kappa shape index (κ3) is 3.16. The van der Waals surface area contributed by atoms with Crippen LogP contribution in [-0.2, 0) is 4.74 Å². The van der Waals surface area contributed by atoms with Crippen LogP contribution < -0.4 is 5.32 Å². The number of terminal acetylenes is 1. The lowest BCUT2D eigenvalue weighted by Crippen LogP contribution is -2.58. The predicted octanol–water partition coefficient (Wildman–Crippen LogP) is 3.92. The number of rotatable bonds is 5. The first-order chi connectivity index (χ1) is 9.43. The molecule has 2 atom stereocenters. The molecule has 0 bridgehead atoms. The van der Waals surface area contributed by atoms with Crippen molar-refractivity contribution in [1.29, 1.82) is 0 Å². The predicted molar refractivity (Wildman–Crippen MR) is 84.8 cm³/mol. The fourth-order valence-corrected chi connectivity index (χ4v) is 2.62. The van der Waals surface area contributed by atoms with Crippen LogP contribution in [0.15, 0.2) is 24.3 Å². The van der Waals surface area contributed by atoms with Crippen LogP contribution in [0.3, 0.4) is 0 Å². The Labute approximate surface area is 122 Å². The number of ether oxygens (including phenoxy) is 1. The third-order valence-electron chi connectivity index (χ3n) is 4.18. The summed E-state index contributed by atoms with van der Waals surface area (Å²) in [6.07, 6.45) is 6.84. The molecule has 1 saturated carbocycles. The molecule has 0 aromatic heterocycles. The van der Waals surface area contributed by atoms with Gasteiger partial charge >= 0.3 is 0 Å². The topological polar surface area (TPSA) is 21.3 Å². The van der Waals surface area contributed by atoms with Crippen LogP contribution in [0.4, 0.5) is 5.69 Å². The van der Waals surface area contributed by atoms with Crippen LogP contribution in [0.2, 0.25) is 0 Å². The first-order valence-corrected chi connectivity index (χ1v) is 7.38. The summed E-state index contributed by atoms with van der Waals surface area (Å²) in [6, 6.07) is 8.48. The lowest BCUT2D eigenvalue weighted by atomic mass is 9.64. The molecule has 1 aromatic carbocycles. The van der Waals surface area contributed by atoms with E-state index < -0.39 is 0 Å². The van der Waals surface area contributed by atoms with Crippen molar-refractivity contribution in [2.75, 3.05) is 11.9 Å². The second kappa shape index (κ2) is 5.89. The van der Waals surface area contributed by atoms with Crippen molar-refractivity contribution in [1.82, 2.24) is 0 Å². The lowest BCUT2D eigenvalue weighted by Gasteiger charge is -2.52. The molecule has 0 amide bonds. The third-order valence-corrected chi connectivity index (χ3v) is 4.18. The van der Waals surface area contributed by atoms with Gasteiger partial charge in [-0.3, -0.25) is 0 Å². The lowest BCUT2D eigenvalue weighted by molar-refractivity contribution is -0.108. The monoisotopic (exact) mass is 271 g/mol. The summed E-state index contributed by atoms with van der Waals surface area (Å²) in [6.45, 7) is 9.75. The molecule has 0 radical (unpaired) electrons. The Bertz CT molecular complexity index is 498. The highest BCUT2D eigenvalue weighted by Gasteiger charge is 2.49. The summed E-state index contributed by atoms with van der Waals surface area (Å²) in [7, 11) is 0. The maximum Gasteiger partial charge on any atom is 0.0665 e. The van der Waals surface area contributed by atoms with Crippen molar-refractivity contribution in [3.63, 3.8) is 0 Å². The first-order valence-electron chi connectivity index (χ1n) is 7.38. The summed E-state index contributed by atoms with van der Waals surface area (Å²) in [4.78, 5) is 0. The molecule has 2 nitrogen and oxygen atoms in total. The maximum absolute atomic E-state index is 6.00. The van der Waals surface area contributed by atoms with Gasteiger partial charge in [0.05, 0.1) is 6.10 Å². The van der Waals surface area contributed by atoms with Crippen LogP contribution in [0, 0.1) is 23.7 Å². The van der Waals surface area contributed by atoms with Gasteiger partial charge in [-0.25, -0.2) is 0 Å². The van der Waals surface area contributed by atoms with E-state index in [4.69, 9.17) is 11.2 Å². The molecular formula is C18H25NO. The first kappa shape index (κ1) is 14.9. The zero-order valence-electron chi connectivity index (χ0n) is 12.9. The van der Waals surface area contributed by atoms with Crippen molar-refractivity contribution >= 4 is 5.69 Å². The molecule has 1 fully saturated rings. The van der Waals surface area contributed by atoms with Gasteiger partial charge in [-0.2, -0.15) is 0 Å². The minimum atomic E-state index is 0.154. The van der Waals surface area contributed by atoms with Crippen molar-refractivity contribution in [3.05, 3.63) is 29.8 Å². The Kier molecular flexibility index (Phi) is 4.40. The summed E-state index contributed by atoms with van der Waals surface area (Å²) in [5, 5.41) is 3.59. The Morgan fingerprint density at radius 3 is 2.80 bits per heavy atom. The number of benzene rings is 1. The van der Waals surface area contributed by atoms with Gasteiger partial charge in [-0.15, -0.1) is 6.42 Å². The van der Waals surface area contributed by atoms with Gasteiger partial charge in [0.25, 0.3) is 0 Å². The molecule has 108 valence electrons. The van der Waals surface area contributed by atoms with Gasteiger partial charge in [0.2, 0.25) is 0 Å². The number of anilines is 1. The van der Waals surface area contributed by atoms with E-state index in [-0.39, 0.29) is 5.41 Å². The largest absolute Gasteiger partial charge is 0.382 e. The SMILES string of the molecule is C#Cc1cccc(NC2CC(OCC(C)C)C2(C)C)c1. The standard InChI is InChI=1S/C18H25NO/c1-6-14-8-7-9-15(10-14)19-16-11-17(18(16,4)5)20-12-13(2)3/h1,7-10,13,16-17,19H,11-12H2,2-5H3. The number of hydrogen-bond donors (Lipinski definition) is 1. The molecule has 2 unspecified atom stereocenters. The molecule has 1 aromatic rings. The van der Waals surface area contributed by atoms with E-state index >= 15 is 0 Å². The minimum Gasteiger partial charge on any atom is -0.382 e. The molecule has 0 heterocycles. The van der Waals surface area contributed by atoms with E-state index in [9.17, 15) is 0 Å². The normalized spacial score (nSPS) is 24.0. The molecule has 1 aliphatic carbocycles. The van der Waals surface area contributed by atoms with Crippen molar-refractivity contribution in [2.45, 2.75) is 46.3 Å². The molecule has 1 N–H and O–H groups in total. The van der Waals surface area contributed by atoms with E-state index in [0.29, 0.717) is 18.1 Å². The van der Waals surface area contributed by atoms with Gasteiger partial charge in [0.1, 0.15) is 0 Å². The molecule has 0 spiro atoms. The van der Waals surface area contributed by atoms with Gasteiger partial charge in [0.15, 0.2) is 0 Å². The fourth-order valence-electron chi connectivity index (χ4n) is 2.62. The smallest absolute Gasteiger partial charge is 0.0665 e. The average Bonchev–Trinajstić information content (AvgIpc) is 2.42. The zero-order chi connectivity index (χ0) is 14.8. The summed E-state index contributed by atoms with van der Waals surface area (Å²) < 4.78 is 6.00. The van der Waals surface area contributed by atoms with E-state index in [2.05, 4.69) is 45.0 Å². The summed E-state index contributed by atoms with van der Waals surface area (Å²) in [5.74, 6) is 3.26. The van der Waals surface area contributed by atoms with Crippen molar-refractivity contribution < 1.29 is 4.74 Å².